The summed E-state index contributed by atoms with van der Waals surface area (Å²) in [7, 11) is 0. The molecule has 0 aliphatic heterocycles. The highest BCUT2D eigenvalue weighted by Crippen LogP contribution is 2.46. The van der Waals surface area contributed by atoms with Gasteiger partial charge in [-0.1, -0.05) is 85.8 Å². The number of rotatable bonds is 1. The summed E-state index contributed by atoms with van der Waals surface area (Å²) < 4.78 is 2.44. The molecule has 2 heterocycles. The van der Waals surface area contributed by atoms with Crippen molar-refractivity contribution in [3.8, 4) is 22.3 Å². The summed E-state index contributed by atoms with van der Waals surface area (Å²) >= 11 is 0. The molecule has 0 N–H and O–H groups in total. The second kappa shape index (κ2) is 6.02. The van der Waals surface area contributed by atoms with Crippen LogP contribution in [0.4, 0.5) is 0 Å². The third kappa shape index (κ3) is 2.12. The van der Waals surface area contributed by atoms with E-state index < -0.39 is 0 Å². The number of para-hydroxylation sites is 2. The van der Waals surface area contributed by atoms with Crippen molar-refractivity contribution >= 4 is 38.1 Å². The van der Waals surface area contributed by atoms with E-state index in [9.17, 15) is 0 Å². The molecule has 0 unspecified atom stereocenters. The highest BCUT2D eigenvalue weighted by molar-refractivity contribution is 6.23. The minimum Gasteiger partial charge on any atom is -0.308 e. The zero-order valence-corrected chi connectivity index (χ0v) is 18.3. The third-order valence-electron chi connectivity index (χ3n) is 7.79. The highest BCUT2D eigenvalue weighted by atomic mass is 14.9. The number of hydrogen-bond acceptors (Lipinski definition) is 0. The molecular formula is C32H21N. The van der Waals surface area contributed by atoms with Crippen LogP contribution < -0.4 is 0 Å². The molecule has 1 aliphatic carbocycles. The van der Waals surface area contributed by atoms with E-state index in [4.69, 9.17) is 0 Å². The fourth-order valence-corrected chi connectivity index (χ4v) is 6.25. The average molecular weight is 420 g/mol. The minimum atomic E-state index is 0.460. The van der Waals surface area contributed by atoms with E-state index in [0.717, 1.165) is 0 Å². The lowest BCUT2D eigenvalue weighted by atomic mass is 9.95. The number of hydrogen-bond donors (Lipinski definition) is 0. The zero-order valence-electron chi connectivity index (χ0n) is 18.3. The lowest BCUT2D eigenvalue weighted by Gasteiger charge is -2.09. The molecule has 154 valence electrons. The molecule has 0 bridgehead atoms. The predicted octanol–water partition coefficient (Wildman–Crippen LogP) is 8.64. The van der Waals surface area contributed by atoms with Crippen LogP contribution in [0, 0.1) is 0 Å². The van der Waals surface area contributed by atoms with Gasteiger partial charge in [-0.3, -0.25) is 0 Å². The van der Waals surface area contributed by atoms with Gasteiger partial charge < -0.3 is 4.40 Å². The molecule has 0 saturated carbocycles. The van der Waals surface area contributed by atoms with Gasteiger partial charge in [0.15, 0.2) is 0 Å². The topological polar surface area (TPSA) is 4.41 Å². The summed E-state index contributed by atoms with van der Waals surface area (Å²) in [4.78, 5) is 0. The van der Waals surface area contributed by atoms with Crippen LogP contribution in [0.15, 0.2) is 103 Å². The lowest BCUT2D eigenvalue weighted by molar-refractivity contribution is 0.957. The average Bonchev–Trinajstić information content (AvgIpc) is 3.49. The first-order valence-corrected chi connectivity index (χ1v) is 11.7. The summed E-state index contributed by atoms with van der Waals surface area (Å²) in [6.07, 6.45) is 0. The maximum absolute atomic E-state index is 2.44. The molecule has 1 atom stereocenters. The van der Waals surface area contributed by atoms with Crippen LogP contribution in [0.2, 0.25) is 0 Å². The van der Waals surface area contributed by atoms with Gasteiger partial charge in [-0.15, -0.1) is 0 Å². The van der Waals surface area contributed by atoms with E-state index in [-0.39, 0.29) is 0 Å². The Morgan fingerprint density at radius 2 is 1.18 bits per heavy atom. The summed E-state index contributed by atoms with van der Waals surface area (Å²) in [5.41, 5.74) is 12.1. The first-order chi connectivity index (χ1) is 16.3. The maximum atomic E-state index is 2.44. The molecule has 0 saturated heterocycles. The van der Waals surface area contributed by atoms with Crippen molar-refractivity contribution in [1.29, 1.82) is 0 Å². The Morgan fingerprint density at radius 1 is 0.515 bits per heavy atom. The van der Waals surface area contributed by atoms with E-state index in [0.29, 0.717) is 5.92 Å². The zero-order chi connectivity index (χ0) is 21.7. The Labute approximate surface area is 191 Å². The molecule has 2 aromatic heterocycles. The first-order valence-electron chi connectivity index (χ1n) is 11.7. The van der Waals surface area contributed by atoms with Crippen LogP contribution in [0.1, 0.15) is 24.0 Å². The molecule has 0 spiro atoms. The van der Waals surface area contributed by atoms with Crippen molar-refractivity contribution in [1.82, 2.24) is 4.40 Å². The fraction of sp³-hybridized carbons (Fsp3) is 0.0625. The fourth-order valence-electron chi connectivity index (χ4n) is 6.25. The van der Waals surface area contributed by atoms with E-state index in [1.54, 1.807) is 0 Å². The molecule has 0 amide bonds. The molecule has 1 heteroatoms. The molecule has 8 rings (SSSR count). The predicted molar refractivity (Wildman–Crippen MR) is 139 cm³/mol. The summed E-state index contributed by atoms with van der Waals surface area (Å²) in [6.45, 7) is 2.32. The van der Waals surface area contributed by atoms with E-state index in [1.165, 1.54) is 71.5 Å². The molecule has 7 aromatic rings. The quantitative estimate of drug-likeness (QED) is 0.251. The Balaban J connectivity index is 1.39. The second-order valence-corrected chi connectivity index (χ2v) is 9.40. The van der Waals surface area contributed by atoms with Crippen molar-refractivity contribution < 1.29 is 0 Å². The van der Waals surface area contributed by atoms with Gasteiger partial charge in [0.05, 0.1) is 16.6 Å². The van der Waals surface area contributed by atoms with Crippen LogP contribution in [0.5, 0.6) is 0 Å². The Bertz CT molecular complexity index is 1880. The van der Waals surface area contributed by atoms with E-state index in [2.05, 4.69) is 114 Å². The molecule has 0 radical (unpaired) electrons. The number of fused-ring (bicyclic) bond motifs is 9. The summed E-state index contributed by atoms with van der Waals surface area (Å²) in [5, 5.41) is 5.33. The van der Waals surface area contributed by atoms with Gasteiger partial charge in [0.2, 0.25) is 0 Å². The van der Waals surface area contributed by atoms with Gasteiger partial charge in [-0.2, -0.15) is 0 Å². The van der Waals surface area contributed by atoms with Crippen molar-refractivity contribution in [2.24, 2.45) is 0 Å². The van der Waals surface area contributed by atoms with E-state index in [1.807, 2.05) is 0 Å². The van der Waals surface area contributed by atoms with Gasteiger partial charge in [0, 0.05) is 27.5 Å². The van der Waals surface area contributed by atoms with Crippen LogP contribution in [0.25, 0.3) is 60.3 Å². The normalized spacial score (nSPS) is 15.1. The molecular weight excluding hydrogens is 398 g/mol. The molecule has 0 fully saturated rings. The minimum absolute atomic E-state index is 0.460. The van der Waals surface area contributed by atoms with Crippen LogP contribution in [-0.4, -0.2) is 4.40 Å². The van der Waals surface area contributed by atoms with Crippen LogP contribution in [-0.2, 0) is 0 Å². The van der Waals surface area contributed by atoms with Crippen molar-refractivity contribution in [3.63, 3.8) is 0 Å². The Morgan fingerprint density at radius 3 is 2.12 bits per heavy atom. The smallest absolute Gasteiger partial charge is 0.0620 e. The van der Waals surface area contributed by atoms with Gasteiger partial charge >= 0.3 is 0 Å². The largest absolute Gasteiger partial charge is 0.308 e. The van der Waals surface area contributed by atoms with Crippen molar-refractivity contribution in [3.05, 3.63) is 114 Å². The Kier molecular flexibility index (Phi) is 3.19. The molecule has 33 heavy (non-hydrogen) atoms. The molecule has 1 aliphatic rings. The first kappa shape index (κ1) is 17.5. The van der Waals surface area contributed by atoms with Gasteiger partial charge in [-0.25, -0.2) is 0 Å². The standard InChI is InChI=1S/C32H21N/c1-19-22-7-2-3-8-24(22)28-17-20(13-15-23(19)28)21-14-16-31-29(18-21)27-11-6-10-26-25-9-4-5-12-30(25)33(31)32(26)27/h2-19H,1H3/t19-/m0/s1. The highest BCUT2D eigenvalue weighted by Gasteiger charge is 2.25. The molecule has 5 aromatic carbocycles. The second-order valence-electron chi connectivity index (χ2n) is 9.40. The number of nitrogens with zero attached hydrogens (tertiary/aromatic N) is 1. The van der Waals surface area contributed by atoms with Crippen LogP contribution >= 0.6 is 0 Å². The van der Waals surface area contributed by atoms with Gasteiger partial charge in [0.1, 0.15) is 0 Å². The molecule has 1 nitrogen and oxygen atoms in total. The van der Waals surface area contributed by atoms with Gasteiger partial charge in [-0.05, 0) is 57.6 Å². The monoisotopic (exact) mass is 419 g/mol. The number of benzene rings is 5. The summed E-state index contributed by atoms with van der Waals surface area (Å²) in [5.74, 6) is 0.460. The number of aromatic nitrogens is 1. The third-order valence-corrected chi connectivity index (χ3v) is 7.79. The SMILES string of the molecule is C[C@H]1c2ccccc2-c2cc(-c3ccc4c(c3)c3cccc5c6ccccc6n4c53)ccc21. The van der Waals surface area contributed by atoms with Crippen molar-refractivity contribution in [2.45, 2.75) is 12.8 Å². The van der Waals surface area contributed by atoms with Gasteiger partial charge in [0.25, 0.3) is 0 Å². The Hall–Kier alpha value is -4.10. The van der Waals surface area contributed by atoms with E-state index >= 15 is 0 Å². The maximum Gasteiger partial charge on any atom is 0.0620 e. The van der Waals surface area contributed by atoms with Crippen LogP contribution in [0.3, 0.4) is 0 Å². The lowest BCUT2D eigenvalue weighted by Crippen LogP contribution is -1.89. The van der Waals surface area contributed by atoms with Crippen molar-refractivity contribution in [2.75, 3.05) is 0 Å². The summed E-state index contributed by atoms with van der Waals surface area (Å²) in [6, 6.07) is 38.3.